The van der Waals surface area contributed by atoms with Gasteiger partial charge in [0.15, 0.2) is 0 Å². The van der Waals surface area contributed by atoms with E-state index in [0.29, 0.717) is 5.41 Å². The second-order valence-electron chi connectivity index (χ2n) is 3.05. The van der Waals surface area contributed by atoms with Gasteiger partial charge in [-0.1, -0.05) is 20.8 Å². The lowest BCUT2D eigenvalue weighted by Gasteiger charge is -2.25. The summed E-state index contributed by atoms with van der Waals surface area (Å²) in [6, 6.07) is 0. The van der Waals surface area contributed by atoms with Crippen LogP contribution in [0.4, 0.5) is 0 Å². The third kappa shape index (κ3) is 2.85. The molecule has 0 amide bonds. The maximum Gasteiger partial charge on any atom is 0.000195 e. The zero-order valence-corrected chi connectivity index (χ0v) is 7.12. The van der Waals surface area contributed by atoms with Gasteiger partial charge in [0.25, 0.3) is 0 Å². The lowest BCUT2D eigenvalue weighted by molar-refractivity contribution is 0.289. The Morgan fingerprint density at radius 1 is 1.22 bits per heavy atom. The van der Waals surface area contributed by atoms with Crippen molar-refractivity contribution >= 4 is 0 Å². The first kappa shape index (κ1) is 8.96. The molecular formula is C8H19N. The molecule has 0 heterocycles. The Bertz CT molecular complexity index is 65.0. The van der Waals surface area contributed by atoms with Gasteiger partial charge >= 0.3 is 0 Å². The summed E-state index contributed by atoms with van der Waals surface area (Å²) in [6.07, 6.45) is 2.54. The highest BCUT2D eigenvalue weighted by Crippen LogP contribution is 2.23. The van der Waals surface area contributed by atoms with Crippen molar-refractivity contribution in [1.29, 1.82) is 0 Å². The maximum absolute atomic E-state index is 3.21. The fourth-order valence-electron chi connectivity index (χ4n) is 0.927. The SMILES string of the molecule is CCC(C)(CC)CNC. The second kappa shape index (κ2) is 3.89. The molecule has 0 bridgehead atoms. The summed E-state index contributed by atoms with van der Waals surface area (Å²) in [6.45, 7) is 7.96. The molecule has 0 aromatic heterocycles. The molecule has 0 unspecified atom stereocenters. The van der Waals surface area contributed by atoms with E-state index < -0.39 is 0 Å². The summed E-state index contributed by atoms with van der Waals surface area (Å²) < 4.78 is 0. The summed E-state index contributed by atoms with van der Waals surface area (Å²) in [5.41, 5.74) is 0.523. The van der Waals surface area contributed by atoms with Crippen molar-refractivity contribution in [3.63, 3.8) is 0 Å². The average molecular weight is 129 g/mol. The Kier molecular flexibility index (Phi) is 3.87. The van der Waals surface area contributed by atoms with Crippen molar-refractivity contribution in [1.82, 2.24) is 5.32 Å². The standard InChI is InChI=1S/C8H19N/c1-5-8(3,6-2)7-9-4/h9H,5-7H2,1-4H3. The molecular weight excluding hydrogens is 110 g/mol. The third-order valence-corrected chi connectivity index (χ3v) is 2.31. The Labute approximate surface area is 58.8 Å². The van der Waals surface area contributed by atoms with Crippen LogP contribution in [-0.4, -0.2) is 13.6 Å². The summed E-state index contributed by atoms with van der Waals surface area (Å²) in [5, 5.41) is 3.21. The molecule has 0 aromatic rings. The predicted octanol–water partition coefficient (Wildman–Crippen LogP) is 2.03. The van der Waals surface area contributed by atoms with Crippen LogP contribution in [0.25, 0.3) is 0 Å². The minimum absolute atomic E-state index is 0.523. The molecule has 56 valence electrons. The van der Waals surface area contributed by atoms with E-state index in [1.165, 1.54) is 12.8 Å². The van der Waals surface area contributed by atoms with Crippen LogP contribution in [-0.2, 0) is 0 Å². The van der Waals surface area contributed by atoms with E-state index >= 15 is 0 Å². The van der Waals surface area contributed by atoms with Gasteiger partial charge in [0.05, 0.1) is 0 Å². The van der Waals surface area contributed by atoms with E-state index in [0.717, 1.165) is 6.54 Å². The number of nitrogens with one attached hydrogen (secondary N) is 1. The average Bonchev–Trinajstić information content (AvgIpc) is 1.89. The van der Waals surface area contributed by atoms with Crippen LogP contribution in [0.1, 0.15) is 33.6 Å². The van der Waals surface area contributed by atoms with Crippen molar-refractivity contribution in [3.8, 4) is 0 Å². The van der Waals surface area contributed by atoms with Crippen LogP contribution in [0.3, 0.4) is 0 Å². The van der Waals surface area contributed by atoms with Gasteiger partial charge in [0, 0.05) is 6.54 Å². The van der Waals surface area contributed by atoms with Gasteiger partial charge in [-0.3, -0.25) is 0 Å². The molecule has 0 aliphatic rings. The van der Waals surface area contributed by atoms with Crippen LogP contribution in [0.5, 0.6) is 0 Å². The number of hydrogen-bond donors (Lipinski definition) is 1. The lowest BCUT2D eigenvalue weighted by atomic mass is 9.85. The zero-order chi connectivity index (χ0) is 7.33. The van der Waals surface area contributed by atoms with Gasteiger partial charge in [-0.2, -0.15) is 0 Å². The predicted molar refractivity (Wildman–Crippen MR) is 42.6 cm³/mol. The highest BCUT2D eigenvalue weighted by atomic mass is 14.8. The van der Waals surface area contributed by atoms with Crippen molar-refractivity contribution in [3.05, 3.63) is 0 Å². The van der Waals surface area contributed by atoms with Crippen molar-refractivity contribution in [2.45, 2.75) is 33.6 Å². The van der Waals surface area contributed by atoms with Crippen molar-refractivity contribution < 1.29 is 0 Å². The van der Waals surface area contributed by atoms with E-state index in [1.807, 2.05) is 7.05 Å². The van der Waals surface area contributed by atoms with Gasteiger partial charge < -0.3 is 5.32 Å². The quantitative estimate of drug-likeness (QED) is 0.612. The highest BCUT2D eigenvalue weighted by molar-refractivity contribution is 4.71. The van der Waals surface area contributed by atoms with Gasteiger partial charge in [-0.05, 0) is 25.3 Å². The Morgan fingerprint density at radius 3 is 1.78 bits per heavy atom. The third-order valence-electron chi connectivity index (χ3n) is 2.31. The maximum atomic E-state index is 3.21. The molecule has 0 saturated carbocycles. The monoisotopic (exact) mass is 129 g/mol. The van der Waals surface area contributed by atoms with Crippen molar-refractivity contribution in [2.24, 2.45) is 5.41 Å². The molecule has 0 saturated heterocycles. The van der Waals surface area contributed by atoms with Gasteiger partial charge in [0.1, 0.15) is 0 Å². The molecule has 9 heavy (non-hydrogen) atoms. The summed E-state index contributed by atoms with van der Waals surface area (Å²) in [7, 11) is 2.02. The fraction of sp³-hybridized carbons (Fsp3) is 1.00. The largest absolute Gasteiger partial charge is 0.319 e. The first-order valence-electron chi connectivity index (χ1n) is 3.83. The van der Waals surface area contributed by atoms with Crippen molar-refractivity contribution in [2.75, 3.05) is 13.6 Å². The molecule has 0 spiro atoms. The van der Waals surface area contributed by atoms with Crippen LogP contribution in [0.2, 0.25) is 0 Å². The van der Waals surface area contributed by atoms with E-state index in [2.05, 4.69) is 26.1 Å². The summed E-state index contributed by atoms with van der Waals surface area (Å²) in [4.78, 5) is 0. The highest BCUT2D eigenvalue weighted by Gasteiger charge is 2.17. The summed E-state index contributed by atoms with van der Waals surface area (Å²) >= 11 is 0. The Hall–Kier alpha value is -0.0400. The molecule has 0 aromatic carbocycles. The molecule has 1 N–H and O–H groups in total. The normalized spacial score (nSPS) is 12.0. The van der Waals surface area contributed by atoms with E-state index in [1.54, 1.807) is 0 Å². The van der Waals surface area contributed by atoms with Gasteiger partial charge in [-0.15, -0.1) is 0 Å². The minimum Gasteiger partial charge on any atom is -0.319 e. The van der Waals surface area contributed by atoms with Crippen LogP contribution >= 0.6 is 0 Å². The minimum atomic E-state index is 0.523. The van der Waals surface area contributed by atoms with E-state index in [4.69, 9.17) is 0 Å². The van der Waals surface area contributed by atoms with E-state index in [-0.39, 0.29) is 0 Å². The molecule has 0 aliphatic heterocycles. The Morgan fingerprint density at radius 2 is 1.67 bits per heavy atom. The first-order valence-corrected chi connectivity index (χ1v) is 3.83. The summed E-state index contributed by atoms with van der Waals surface area (Å²) in [5.74, 6) is 0. The molecule has 0 fully saturated rings. The first-order chi connectivity index (χ1) is 4.18. The number of hydrogen-bond acceptors (Lipinski definition) is 1. The molecule has 0 atom stereocenters. The second-order valence-corrected chi connectivity index (χ2v) is 3.05. The lowest BCUT2D eigenvalue weighted by Crippen LogP contribution is -2.28. The van der Waals surface area contributed by atoms with E-state index in [9.17, 15) is 0 Å². The Balaban J connectivity index is 3.62. The molecule has 1 nitrogen and oxygen atoms in total. The number of rotatable bonds is 4. The molecule has 1 heteroatoms. The van der Waals surface area contributed by atoms with Crippen LogP contribution in [0, 0.1) is 5.41 Å². The molecule has 0 rings (SSSR count). The molecule has 0 aliphatic carbocycles. The van der Waals surface area contributed by atoms with Crippen LogP contribution in [0.15, 0.2) is 0 Å². The fourth-order valence-corrected chi connectivity index (χ4v) is 0.927. The zero-order valence-electron chi connectivity index (χ0n) is 7.12. The van der Waals surface area contributed by atoms with Crippen LogP contribution < -0.4 is 5.32 Å². The smallest absolute Gasteiger partial charge is 0.000195 e. The van der Waals surface area contributed by atoms with Gasteiger partial charge in [0.2, 0.25) is 0 Å². The van der Waals surface area contributed by atoms with Gasteiger partial charge in [-0.25, -0.2) is 0 Å². The topological polar surface area (TPSA) is 12.0 Å². The molecule has 0 radical (unpaired) electrons.